The van der Waals surface area contributed by atoms with Gasteiger partial charge in [0.05, 0.1) is 6.61 Å². The number of ether oxygens (including phenoxy) is 1. The van der Waals surface area contributed by atoms with E-state index in [0.29, 0.717) is 18.3 Å². The highest BCUT2D eigenvalue weighted by atomic mass is 32.2. The molecular weight excluding hydrogens is 266 g/mol. The summed E-state index contributed by atoms with van der Waals surface area (Å²) in [6, 6.07) is 3.14. The van der Waals surface area contributed by atoms with Crippen molar-refractivity contribution in [1.29, 1.82) is 0 Å². The molecule has 1 saturated carbocycles. The molecule has 0 aliphatic heterocycles. The molecule has 0 spiro atoms. The Morgan fingerprint density at radius 1 is 1.42 bits per heavy atom. The molecule has 0 atom stereocenters. The fourth-order valence-electron chi connectivity index (χ4n) is 1.55. The fourth-order valence-corrected chi connectivity index (χ4v) is 2.51. The lowest BCUT2D eigenvalue weighted by atomic mass is 10.5. The molecule has 19 heavy (non-hydrogen) atoms. The quantitative estimate of drug-likeness (QED) is 0.692. The molecule has 106 valence electrons. The third kappa shape index (κ3) is 4.45. The summed E-state index contributed by atoms with van der Waals surface area (Å²) in [6.07, 6.45) is 3.80. The van der Waals surface area contributed by atoms with Crippen LogP contribution in [0.2, 0.25) is 0 Å². The Kier molecular flexibility index (Phi) is 4.73. The van der Waals surface area contributed by atoms with E-state index in [1.54, 1.807) is 13.1 Å². The molecule has 0 saturated heterocycles. The second-order valence-corrected chi connectivity index (χ2v) is 6.31. The van der Waals surface area contributed by atoms with Crippen molar-refractivity contribution >= 4 is 15.8 Å². The first-order chi connectivity index (χ1) is 9.12. The minimum atomic E-state index is -3.49. The Morgan fingerprint density at radius 3 is 2.79 bits per heavy atom. The van der Waals surface area contributed by atoms with E-state index < -0.39 is 10.0 Å². The van der Waals surface area contributed by atoms with Crippen LogP contribution in [-0.2, 0) is 14.8 Å². The molecule has 2 rings (SSSR count). The van der Waals surface area contributed by atoms with Crippen molar-refractivity contribution in [2.24, 2.45) is 5.92 Å². The molecule has 0 amide bonds. The van der Waals surface area contributed by atoms with Crippen molar-refractivity contribution in [3.8, 4) is 0 Å². The molecule has 1 fully saturated rings. The number of hydrogen-bond acceptors (Lipinski definition) is 5. The summed E-state index contributed by atoms with van der Waals surface area (Å²) in [4.78, 5) is 4.14. The smallest absolute Gasteiger partial charge is 0.242 e. The second-order valence-electron chi connectivity index (χ2n) is 4.55. The van der Waals surface area contributed by atoms with Gasteiger partial charge in [-0.05, 0) is 30.9 Å². The second kappa shape index (κ2) is 6.31. The Labute approximate surface area is 113 Å². The predicted octanol–water partition coefficient (Wildman–Crippen LogP) is 0.828. The number of aromatic nitrogens is 1. The van der Waals surface area contributed by atoms with Crippen molar-refractivity contribution in [2.45, 2.75) is 17.7 Å². The zero-order valence-electron chi connectivity index (χ0n) is 10.9. The lowest BCUT2D eigenvalue weighted by molar-refractivity contribution is 0.129. The molecule has 1 aliphatic carbocycles. The zero-order chi connectivity index (χ0) is 13.7. The van der Waals surface area contributed by atoms with Gasteiger partial charge in [-0.25, -0.2) is 18.1 Å². The van der Waals surface area contributed by atoms with E-state index in [1.165, 1.54) is 25.1 Å². The highest BCUT2D eigenvalue weighted by Crippen LogP contribution is 2.28. The van der Waals surface area contributed by atoms with E-state index in [2.05, 4.69) is 15.0 Å². The van der Waals surface area contributed by atoms with E-state index >= 15 is 0 Å². The first-order valence-corrected chi connectivity index (χ1v) is 7.81. The lowest BCUT2D eigenvalue weighted by Gasteiger charge is -2.07. The van der Waals surface area contributed by atoms with Crippen LogP contribution in [0, 0.1) is 5.92 Å². The maximum Gasteiger partial charge on any atom is 0.242 e. The van der Waals surface area contributed by atoms with E-state index in [-0.39, 0.29) is 11.4 Å². The van der Waals surface area contributed by atoms with Crippen molar-refractivity contribution < 1.29 is 13.2 Å². The maximum atomic E-state index is 11.9. The van der Waals surface area contributed by atoms with Crippen LogP contribution in [0.3, 0.4) is 0 Å². The van der Waals surface area contributed by atoms with Crippen molar-refractivity contribution in [1.82, 2.24) is 9.71 Å². The van der Waals surface area contributed by atoms with Crippen LogP contribution in [0.5, 0.6) is 0 Å². The molecule has 1 aromatic rings. The predicted molar refractivity (Wildman–Crippen MR) is 72.5 cm³/mol. The van der Waals surface area contributed by atoms with Gasteiger partial charge in [-0.15, -0.1) is 0 Å². The van der Waals surface area contributed by atoms with Crippen molar-refractivity contribution in [3.63, 3.8) is 0 Å². The summed E-state index contributed by atoms with van der Waals surface area (Å²) in [5.74, 6) is 1.32. The maximum absolute atomic E-state index is 11.9. The van der Waals surface area contributed by atoms with Gasteiger partial charge in [-0.3, -0.25) is 0 Å². The molecule has 6 nitrogen and oxygen atoms in total. The number of nitrogens with one attached hydrogen (secondary N) is 2. The monoisotopic (exact) mass is 285 g/mol. The minimum Gasteiger partial charge on any atom is -0.380 e. The molecule has 1 heterocycles. The largest absolute Gasteiger partial charge is 0.380 e. The number of sulfonamides is 1. The highest BCUT2D eigenvalue weighted by Gasteiger charge is 2.21. The van der Waals surface area contributed by atoms with Gasteiger partial charge in [-0.2, -0.15) is 0 Å². The van der Waals surface area contributed by atoms with Crippen LogP contribution in [0.15, 0.2) is 23.2 Å². The summed E-state index contributed by atoms with van der Waals surface area (Å²) in [7, 11) is -1.76. The fraction of sp³-hybridized carbons (Fsp3) is 0.583. The van der Waals surface area contributed by atoms with Crippen LogP contribution in [0.1, 0.15) is 12.8 Å². The number of pyridine rings is 1. The topological polar surface area (TPSA) is 80.3 Å². The van der Waals surface area contributed by atoms with Gasteiger partial charge in [0.25, 0.3) is 0 Å². The number of rotatable bonds is 8. The highest BCUT2D eigenvalue weighted by molar-refractivity contribution is 7.89. The molecule has 7 heteroatoms. The van der Waals surface area contributed by atoms with E-state index in [9.17, 15) is 8.42 Å². The number of anilines is 1. The first kappa shape index (κ1) is 14.2. The molecule has 0 bridgehead atoms. The Hall–Kier alpha value is -1.18. The van der Waals surface area contributed by atoms with Crippen molar-refractivity contribution in [2.75, 3.05) is 32.1 Å². The van der Waals surface area contributed by atoms with Gasteiger partial charge in [0.2, 0.25) is 10.0 Å². The normalized spacial score (nSPS) is 15.4. The molecule has 2 N–H and O–H groups in total. The van der Waals surface area contributed by atoms with Gasteiger partial charge >= 0.3 is 0 Å². The first-order valence-electron chi connectivity index (χ1n) is 6.33. The van der Waals surface area contributed by atoms with Gasteiger partial charge < -0.3 is 10.1 Å². The van der Waals surface area contributed by atoms with Crippen LogP contribution in [0.4, 0.5) is 5.82 Å². The van der Waals surface area contributed by atoms with Gasteiger partial charge in [0.1, 0.15) is 10.7 Å². The van der Waals surface area contributed by atoms with Crippen LogP contribution >= 0.6 is 0 Å². The van der Waals surface area contributed by atoms with Gasteiger partial charge in [-0.1, -0.05) is 0 Å². The molecule has 0 radical (unpaired) electrons. The van der Waals surface area contributed by atoms with Crippen LogP contribution in [-0.4, -0.2) is 40.2 Å². The average Bonchev–Trinajstić information content (AvgIpc) is 3.22. The number of hydrogen-bond donors (Lipinski definition) is 2. The molecule has 1 aliphatic rings. The van der Waals surface area contributed by atoms with E-state index in [4.69, 9.17) is 4.74 Å². The average molecular weight is 285 g/mol. The Morgan fingerprint density at radius 2 is 2.21 bits per heavy atom. The van der Waals surface area contributed by atoms with Gasteiger partial charge in [0.15, 0.2) is 0 Å². The number of nitrogens with zero attached hydrogens (tertiary/aromatic N) is 1. The van der Waals surface area contributed by atoms with Crippen molar-refractivity contribution in [3.05, 3.63) is 18.3 Å². The molecule has 0 unspecified atom stereocenters. The minimum absolute atomic E-state index is 0.161. The van der Waals surface area contributed by atoms with E-state index in [1.807, 2.05) is 0 Å². The third-order valence-electron chi connectivity index (χ3n) is 2.89. The summed E-state index contributed by atoms with van der Waals surface area (Å²) < 4.78 is 31.7. The summed E-state index contributed by atoms with van der Waals surface area (Å²) in [5, 5.41) is 2.84. The Balaban J connectivity index is 1.78. The van der Waals surface area contributed by atoms with Crippen LogP contribution < -0.4 is 10.0 Å². The van der Waals surface area contributed by atoms with Gasteiger partial charge in [0, 0.05) is 26.4 Å². The molecule has 1 aromatic heterocycles. The standard InChI is InChI=1S/C12H19N3O3S/c1-13-12-5-4-11(8-14-12)19(16,17)15-6-7-18-9-10-2-3-10/h4-5,8,10,15H,2-3,6-7,9H2,1H3,(H,13,14). The van der Waals surface area contributed by atoms with E-state index in [0.717, 1.165) is 6.61 Å². The molecular formula is C12H19N3O3S. The Bertz CT molecular complexity index is 497. The third-order valence-corrected chi connectivity index (χ3v) is 4.34. The zero-order valence-corrected chi connectivity index (χ0v) is 11.7. The van der Waals surface area contributed by atoms with Crippen LogP contribution in [0.25, 0.3) is 0 Å². The lowest BCUT2D eigenvalue weighted by Crippen LogP contribution is -2.27. The summed E-state index contributed by atoms with van der Waals surface area (Å²) >= 11 is 0. The summed E-state index contributed by atoms with van der Waals surface area (Å²) in [6.45, 7) is 1.42. The summed E-state index contributed by atoms with van der Waals surface area (Å²) in [5.41, 5.74) is 0. The SMILES string of the molecule is CNc1ccc(S(=O)(=O)NCCOCC2CC2)cn1. The molecule has 0 aromatic carbocycles.